The Morgan fingerprint density at radius 2 is 2.06 bits per heavy atom. The first-order chi connectivity index (χ1) is 8.60. The van der Waals surface area contributed by atoms with Gasteiger partial charge in [0.25, 0.3) is 0 Å². The number of hydrogen-bond donors (Lipinski definition) is 1. The van der Waals surface area contributed by atoms with Crippen molar-refractivity contribution in [1.82, 2.24) is 0 Å². The number of halogens is 2. The quantitative estimate of drug-likeness (QED) is 0.906. The molecule has 0 aliphatic heterocycles. The second-order valence-electron chi connectivity index (χ2n) is 3.81. The highest BCUT2D eigenvalue weighted by Crippen LogP contribution is 2.19. The first-order valence-corrected chi connectivity index (χ1v) is 5.28. The molecule has 92 valence electrons. The molecule has 5 heteroatoms. The van der Waals surface area contributed by atoms with Crippen LogP contribution in [0.1, 0.15) is 17.1 Å². The molecule has 1 aromatic heterocycles. The average molecular weight is 248 g/mol. The van der Waals surface area contributed by atoms with E-state index in [-0.39, 0.29) is 23.6 Å². The summed E-state index contributed by atoms with van der Waals surface area (Å²) in [6.07, 6.45) is 0. The third-order valence-corrected chi connectivity index (χ3v) is 2.47. The number of aryl methyl sites for hydroxylation is 1. The molecule has 0 bridgehead atoms. The number of rotatable bonds is 3. The van der Waals surface area contributed by atoms with Crippen LogP contribution < -0.4 is 5.32 Å². The molecule has 0 saturated heterocycles. The monoisotopic (exact) mass is 248 g/mol. The Bertz CT molecular complexity index is 614. The van der Waals surface area contributed by atoms with Gasteiger partial charge in [-0.1, -0.05) is 0 Å². The third-order valence-electron chi connectivity index (χ3n) is 2.47. The Balaban J connectivity index is 2.11. The number of furan rings is 1. The Hall–Kier alpha value is -2.35. The molecule has 0 unspecified atom stereocenters. The van der Waals surface area contributed by atoms with E-state index < -0.39 is 11.6 Å². The minimum atomic E-state index is -0.527. The molecule has 3 nitrogen and oxygen atoms in total. The van der Waals surface area contributed by atoms with Gasteiger partial charge in [-0.2, -0.15) is 5.26 Å². The summed E-state index contributed by atoms with van der Waals surface area (Å²) in [5.41, 5.74) is 0.316. The molecular formula is C13H10F2N2O. The summed E-state index contributed by atoms with van der Waals surface area (Å²) in [6.45, 7) is 1.68. The van der Waals surface area contributed by atoms with Gasteiger partial charge in [-0.05, 0) is 30.7 Å². The van der Waals surface area contributed by atoms with Crippen LogP contribution in [-0.2, 0) is 6.54 Å². The summed E-state index contributed by atoms with van der Waals surface area (Å²) in [7, 11) is 0. The van der Waals surface area contributed by atoms with Crippen molar-refractivity contribution in [3.8, 4) is 6.07 Å². The minimum Gasteiger partial charge on any atom is -0.449 e. The van der Waals surface area contributed by atoms with Gasteiger partial charge in [0.15, 0.2) is 0 Å². The van der Waals surface area contributed by atoms with Crippen molar-refractivity contribution in [2.45, 2.75) is 13.5 Å². The first kappa shape index (κ1) is 12.1. The smallest absolute Gasteiger partial charge is 0.203 e. The normalized spacial score (nSPS) is 10.1. The van der Waals surface area contributed by atoms with Gasteiger partial charge >= 0.3 is 0 Å². The van der Waals surface area contributed by atoms with Crippen molar-refractivity contribution in [3.63, 3.8) is 0 Å². The van der Waals surface area contributed by atoms with Crippen LogP contribution in [0.25, 0.3) is 0 Å². The van der Waals surface area contributed by atoms with Crippen LogP contribution in [-0.4, -0.2) is 0 Å². The molecule has 0 saturated carbocycles. The van der Waals surface area contributed by atoms with Crippen molar-refractivity contribution >= 4 is 5.69 Å². The molecule has 1 aromatic carbocycles. The van der Waals surface area contributed by atoms with E-state index in [1.165, 1.54) is 13.0 Å². The Morgan fingerprint density at radius 3 is 2.72 bits per heavy atom. The largest absolute Gasteiger partial charge is 0.449 e. The highest BCUT2D eigenvalue weighted by Gasteiger charge is 2.08. The topological polar surface area (TPSA) is 49.0 Å². The second kappa shape index (κ2) is 4.88. The Labute approximate surface area is 103 Å². The van der Waals surface area contributed by atoms with Crippen LogP contribution in [0.4, 0.5) is 14.5 Å². The number of hydrogen-bond acceptors (Lipinski definition) is 3. The molecule has 1 N–H and O–H groups in total. The summed E-state index contributed by atoms with van der Waals surface area (Å²) >= 11 is 0. The predicted octanol–water partition coefficient (Wildman–Crippen LogP) is 3.35. The molecule has 2 aromatic rings. The van der Waals surface area contributed by atoms with E-state index in [4.69, 9.17) is 9.68 Å². The van der Waals surface area contributed by atoms with Crippen LogP contribution in [0.15, 0.2) is 28.7 Å². The lowest BCUT2D eigenvalue weighted by Crippen LogP contribution is -2.02. The van der Waals surface area contributed by atoms with Crippen LogP contribution in [0, 0.1) is 29.9 Å². The number of nitriles is 1. The van der Waals surface area contributed by atoms with Gasteiger partial charge in [0.1, 0.15) is 23.5 Å². The predicted molar refractivity (Wildman–Crippen MR) is 61.8 cm³/mol. The molecule has 0 radical (unpaired) electrons. The molecule has 0 aliphatic carbocycles. The van der Waals surface area contributed by atoms with Gasteiger partial charge in [-0.25, -0.2) is 8.78 Å². The molecule has 0 amide bonds. The lowest BCUT2D eigenvalue weighted by molar-refractivity contribution is 0.505. The molecule has 0 fully saturated rings. The maximum absolute atomic E-state index is 13.5. The van der Waals surface area contributed by atoms with Gasteiger partial charge in [0.2, 0.25) is 5.76 Å². The fraction of sp³-hybridized carbons (Fsp3) is 0.154. The van der Waals surface area contributed by atoms with Crippen molar-refractivity contribution in [3.05, 3.63) is 53.0 Å². The standard InChI is InChI=1S/C13H10F2N2O/c1-8-4-12(15)13(5-11(8)14)17-7-10-3-2-9(6-16)18-10/h2-5,17H,7H2,1H3. The second-order valence-corrected chi connectivity index (χ2v) is 3.81. The fourth-order valence-corrected chi connectivity index (χ4v) is 1.50. The lowest BCUT2D eigenvalue weighted by Gasteiger charge is -2.07. The number of nitrogens with one attached hydrogen (secondary N) is 1. The third kappa shape index (κ3) is 2.48. The molecule has 0 aliphatic rings. The molecule has 2 rings (SSSR count). The van der Waals surface area contributed by atoms with E-state index >= 15 is 0 Å². The van der Waals surface area contributed by atoms with E-state index in [1.54, 1.807) is 6.07 Å². The van der Waals surface area contributed by atoms with E-state index in [0.29, 0.717) is 5.76 Å². The van der Waals surface area contributed by atoms with E-state index in [9.17, 15) is 8.78 Å². The zero-order valence-electron chi connectivity index (χ0n) is 9.63. The van der Waals surface area contributed by atoms with Gasteiger partial charge in [-0.3, -0.25) is 0 Å². The van der Waals surface area contributed by atoms with Crippen LogP contribution in [0.3, 0.4) is 0 Å². The summed E-state index contributed by atoms with van der Waals surface area (Å²) in [5.74, 6) is -0.341. The first-order valence-electron chi connectivity index (χ1n) is 5.28. The maximum Gasteiger partial charge on any atom is 0.203 e. The summed E-state index contributed by atoms with van der Waals surface area (Å²) in [4.78, 5) is 0. The Morgan fingerprint density at radius 1 is 1.28 bits per heavy atom. The Kier molecular flexibility index (Phi) is 3.28. The van der Waals surface area contributed by atoms with Crippen molar-refractivity contribution in [2.75, 3.05) is 5.32 Å². The number of anilines is 1. The number of nitrogens with zero attached hydrogens (tertiary/aromatic N) is 1. The van der Waals surface area contributed by atoms with Crippen molar-refractivity contribution in [2.24, 2.45) is 0 Å². The molecule has 0 spiro atoms. The van der Waals surface area contributed by atoms with Crippen molar-refractivity contribution < 1.29 is 13.2 Å². The fourth-order valence-electron chi connectivity index (χ4n) is 1.50. The molecule has 0 atom stereocenters. The summed E-state index contributed by atoms with van der Waals surface area (Å²) < 4.78 is 31.9. The van der Waals surface area contributed by atoms with Gasteiger partial charge in [-0.15, -0.1) is 0 Å². The zero-order valence-corrected chi connectivity index (χ0v) is 9.63. The van der Waals surface area contributed by atoms with Crippen LogP contribution in [0.2, 0.25) is 0 Å². The number of benzene rings is 1. The van der Waals surface area contributed by atoms with Gasteiger partial charge in [0.05, 0.1) is 12.2 Å². The zero-order chi connectivity index (χ0) is 13.1. The van der Waals surface area contributed by atoms with E-state index in [0.717, 1.165) is 12.1 Å². The van der Waals surface area contributed by atoms with E-state index in [2.05, 4.69) is 5.32 Å². The van der Waals surface area contributed by atoms with Crippen molar-refractivity contribution in [1.29, 1.82) is 5.26 Å². The maximum atomic E-state index is 13.5. The van der Waals surface area contributed by atoms with Crippen LogP contribution in [0.5, 0.6) is 0 Å². The molecule has 18 heavy (non-hydrogen) atoms. The minimum absolute atomic E-state index is 0.0630. The molecular weight excluding hydrogens is 238 g/mol. The lowest BCUT2D eigenvalue weighted by atomic mass is 10.2. The summed E-state index contributed by atoms with van der Waals surface area (Å²) in [6, 6.07) is 7.19. The summed E-state index contributed by atoms with van der Waals surface area (Å²) in [5, 5.41) is 11.3. The van der Waals surface area contributed by atoms with Gasteiger partial charge < -0.3 is 9.73 Å². The van der Waals surface area contributed by atoms with E-state index in [1.807, 2.05) is 6.07 Å². The van der Waals surface area contributed by atoms with Crippen LogP contribution >= 0.6 is 0 Å². The molecule has 1 heterocycles. The highest BCUT2D eigenvalue weighted by molar-refractivity contribution is 5.47. The van der Waals surface area contributed by atoms with Gasteiger partial charge in [0, 0.05) is 6.07 Å². The average Bonchev–Trinajstić information content (AvgIpc) is 2.80. The SMILES string of the molecule is Cc1cc(F)c(NCc2ccc(C#N)o2)cc1F. The highest BCUT2D eigenvalue weighted by atomic mass is 19.1.